The van der Waals surface area contributed by atoms with E-state index < -0.39 is 6.18 Å². The van der Waals surface area contributed by atoms with Crippen LogP contribution in [0.5, 0.6) is 0 Å². The predicted octanol–water partition coefficient (Wildman–Crippen LogP) is 3.99. The van der Waals surface area contributed by atoms with Crippen LogP contribution in [-0.2, 0) is 0 Å². The van der Waals surface area contributed by atoms with E-state index in [9.17, 15) is 13.2 Å². The van der Waals surface area contributed by atoms with E-state index >= 15 is 0 Å². The topological polar surface area (TPSA) is 12.4 Å². The van der Waals surface area contributed by atoms with E-state index in [1.54, 1.807) is 0 Å². The van der Waals surface area contributed by atoms with Gasteiger partial charge in [-0.2, -0.15) is 18.2 Å². The molecule has 0 N–H and O–H groups in total. The maximum Gasteiger partial charge on any atom is 0.386 e. The van der Waals surface area contributed by atoms with Gasteiger partial charge in [0.05, 0.1) is 10.8 Å². The van der Waals surface area contributed by atoms with Gasteiger partial charge in [-0.05, 0) is 24.4 Å². The lowest BCUT2D eigenvalue weighted by Crippen LogP contribution is -1.95. The summed E-state index contributed by atoms with van der Waals surface area (Å²) in [5.41, 5.74) is 0.854. The van der Waals surface area contributed by atoms with Gasteiger partial charge in [0, 0.05) is 6.92 Å². The highest BCUT2D eigenvalue weighted by Gasteiger charge is 2.15. The molecule has 0 radical (unpaired) electrons. The molecule has 5 heteroatoms. The highest BCUT2D eigenvalue weighted by Crippen LogP contribution is 2.10. The minimum Gasteiger partial charge on any atom is -0.195 e. The third-order valence-corrected chi connectivity index (χ3v) is 1.02. The molecule has 0 saturated heterocycles. The number of para-hydroxylation sites is 1. The second kappa shape index (κ2) is 6.29. The highest BCUT2D eigenvalue weighted by atomic mass is 32.1. The first kappa shape index (κ1) is 12.8. The number of isothiocyanates is 1. The van der Waals surface area contributed by atoms with Gasteiger partial charge in [-0.15, -0.1) is 0 Å². The van der Waals surface area contributed by atoms with Gasteiger partial charge in [-0.3, -0.25) is 0 Å². The second-order valence-electron chi connectivity index (χ2n) is 2.32. The lowest BCUT2D eigenvalue weighted by atomic mass is 10.3. The summed E-state index contributed by atoms with van der Waals surface area (Å²) in [5, 5.41) is 2.29. The van der Waals surface area contributed by atoms with Crippen molar-refractivity contribution in [2.24, 2.45) is 4.99 Å². The van der Waals surface area contributed by atoms with Crippen LogP contribution < -0.4 is 0 Å². The monoisotopic (exact) mass is 219 g/mol. The zero-order valence-corrected chi connectivity index (χ0v) is 8.19. The summed E-state index contributed by atoms with van der Waals surface area (Å²) in [6.45, 7) is 0.188. The molecule has 0 amide bonds. The largest absolute Gasteiger partial charge is 0.386 e. The summed E-state index contributed by atoms with van der Waals surface area (Å²) >= 11 is 4.42. The molecule has 1 nitrogen and oxygen atoms in total. The smallest absolute Gasteiger partial charge is 0.195 e. The third-order valence-electron chi connectivity index (χ3n) is 0.931. The Bertz CT molecular complexity index is 296. The molecular formula is C9H8F3NS. The fourth-order valence-electron chi connectivity index (χ4n) is 0.555. The lowest BCUT2D eigenvalue weighted by molar-refractivity contribution is -0.110. The number of hydrogen-bond acceptors (Lipinski definition) is 2. The van der Waals surface area contributed by atoms with Crippen LogP contribution in [0.25, 0.3) is 0 Å². The highest BCUT2D eigenvalue weighted by molar-refractivity contribution is 7.78. The Morgan fingerprint density at radius 1 is 1.21 bits per heavy atom. The Balaban J connectivity index is 0.000000292. The molecule has 0 aliphatic rings. The first-order chi connectivity index (χ1) is 6.43. The normalized spacial score (nSPS) is 9.43. The molecule has 1 aromatic carbocycles. The molecule has 0 bridgehead atoms. The average molecular weight is 219 g/mol. The van der Waals surface area contributed by atoms with Crippen molar-refractivity contribution >= 4 is 23.1 Å². The number of rotatable bonds is 1. The van der Waals surface area contributed by atoms with Crippen molar-refractivity contribution in [3.8, 4) is 0 Å². The zero-order chi connectivity index (χ0) is 11.0. The minimum atomic E-state index is -4.00. The number of halogens is 3. The van der Waals surface area contributed by atoms with Crippen molar-refractivity contribution in [1.29, 1.82) is 0 Å². The number of aliphatic imine (C=N–C) groups is 1. The fourth-order valence-corrected chi connectivity index (χ4v) is 0.661. The molecule has 0 atom stereocenters. The van der Waals surface area contributed by atoms with Gasteiger partial charge in [-0.1, -0.05) is 18.2 Å². The molecule has 1 rings (SSSR count). The number of hydrogen-bond donors (Lipinski definition) is 0. The van der Waals surface area contributed by atoms with E-state index in [0.717, 1.165) is 5.69 Å². The van der Waals surface area contributed by atoms with Gasteiger partial charge >= 0.3 is 6.18 Å². The number of benzene rings is 1. The Morgan fingerprint density at radius 3 is 2.00 bits per heavy atom. The fraction of sp³-hybridized carbons (Fsp3) is 0.222. The van der Waals surface area contributed by atoms with E-state index in [4.69, 9.17) is 0 Å². The van der Waals surface area contributed by atoms with Crippen molar-refractivity contribution in [3.05, 3.63) is 30.3 Å². The van der Waals surface area contributed by atoms with Crippen LogP contribution in [0.3, 0.4) is 0 Å². The lowest BCUT2D eigenvalue weighted by Gasteiger charge is -1.88. The molecule has 0 heterocycles. The molecular weight excluding hydrogens is 211 g/mol. The SMILES string of the molecule is CC(F)(F)F.S=C=Nc1ccccc1. The van der Waals surface area contributed by atoms with Crippen molar-refractivity contribution < 1.29 is 13.2 Å². The summed E-state index contributed by atoms with van der Waals surface area (Å²) in [6, 6.07) is 9.50. The van der Waals surface area contributed by atoms with Crippen molar-refractivity contribution in [2.45, 2.75) is 13.1 Å². The molecule has 0 saturated carbocycles. The summed E-state index contributed by atoms with van der Waals surface area (Å²) in [7, 11) is 0. The van der Waals surface area contributed by atoms with Gasteiger partial charge in [0.25, 0.3) is 0 Å². The first-order valence-corrected chi connectivity index (χ1v) is 4.04. The Kier molecular flexibility index (Phi) is 5.76. The maximum absolute atomic E-state index is 10.4. The molecule has 0 aromatic heterocycles. The number of nitrogens with zero attached hydrogens (tertiary/aromatic N) is 1. The number of alkyl halides is 3. The van der Waals surface area contributed by atoms with Crippen LogP contribution in [0.1, 0.15) is 6.92 Å². The van der Waals surface area contributed by atoms with Crippen LogP contribution in [0, 0.1) is 0 Å². The minimum absolute atomic E-state index is 0.188. The Hall–Kier alpha value is -1.19. The van der Waals surface area contributed by atoms with E-state index in [1.807, 2.05) is 30.3 Å². The van der Waals surface area contributed by atoms with Gasteiger partial charge < -0.3 is 0 Å². The van der Waals surface area contributed by atoms with Gasteiger partial charge in [-0.25, -0.2) is 0 Å². The van der Waals surface area contributed by atoms with Crippen LogP contribution in [0.15, 0.2) is 35.3 Å². The Labute approximate surface area is 85.3 Å². The third kappa shape index (κ3) is 10.8. The molecule has 1 aromatic rings. The molecule has 0 fully saturated rings. The van der Waals surface area contributed by atoms with Crippen LogP contribution in [0.4, 0.5) is 18.9 Å². The van der Waals surface area contributed by atoms with E-state index in [-0.39, 0.29) is 6.92 Å². The predicted molar refractivity (Wildman–Crippen MR) is 52.9 cm³/mol. The summed E-state index contributed by atoms with van der Waals surface area (Å²) in [6.07, 6.45) is -4.00. The van der Waals surface area contributed by atoms with Crippen LogP contribution in [-0.4, -0.2) is 11.3 Å². The summed E-state index contributed by atoms with van der Waals surface area (Å²) in [5.74, 6) is 0. The molecule has 0 spiro atoms. The molecule has 76 valence electrons. The molecule has 0 unspecified atom stereocenters. The maximum atomic E-state index is 10.4. The standard InChI is InChI=1S/C7H5NS.C2H3F3/c9-6-8-7-4-2-1-3-5-7;1-2(3,4)5/h1-5H;1H3. The van der Waals surface area contributed by atoms with Gasteiger partial charge in [0.1, 0.15) is 0 Å². The molecule has 0 aliphatic carbocycles. The van der Waals surface area contributed by atoms with Gasteiger partial charge in [0.2, 0.25) is 0 Å². The summed E-state index contributed by atoms with van der Waals surface area (Å²) < 4.78 is 31.1. The van der Waals surface area contributed by atoms with Crippen LogP contribution in [0.2, 0.25) is 0 Å². The second-order valence-corrected chi connectivity index (χ2v) is 2.50. The molecule has 0 aliphatic heterocycles. The number of thiocarbonyl (C=S) groups is 1. The summed E-state index contributed by atoms with van der Waals surface area (Å²) in [4.78, 5) is 3.77. The quantitative estimate of drug-likeness (QED) is 0.514. The average Bonchev–Trinajstić information content (AvgIpc) is 2.03. The van der Waals surface area contributed by atoms with Crippen molar-refractivity contribution in [1.82, 2.24) is 0 Å². The van der Waals surface area contributed by atoms with Gasteiger partial charge in [0.15, 0.2) is 0 Å². The Morgan fingerprint density at radius 2 is 1.64 bits per heavy atom. The van der Waals surface area contributed by atoms with Crippen molar-refractivity contribution in [2.75, 3.05) is 0 Å². The van der Waals surface area contributed by atoms with E-state index in [0.29, 0.717) is 0 Å². The molecule has 14 heavy (non-hydrogen) atoms. The van der Waals surface area contributed by atoms with Crippen molar-refractivity contribution in [3.63, 3.8) is 0 Å². The van der Waals surface area contributed by atoms with Crippen LogP contribution >= 0.6 is 12.2 Å². The zero-order valence-electron chi connectivity index (χ0n) is 7.38. The first-order valence-electron chi connectivity index (χ1n) is 3.63. The van der Waals surface area contributed by atoms with E-state index in [1.165, 1.54) is 0 Å². The van der Waals surface area contributed by atoms with E-state index in [2.05, 4.69) is 22.4 Å².